The van der Waals surface area contributed by atoms with Gasteiger partial charge in [0.05, 0.1) is 0 Å². The second-order valence-electron chi connectivity index (χ2n) is 2.77. The fraction of sp³-hybridized carbons (Fsp3) is 1.00. The van der Waals surface area contributed by atoms with E-state index in [1.165, 1.54) is 44.9 Å². The molecule has 0 heterocycles. The van der Waals surface area contributed by atoms with Crippen LogP contribution in [0.4, 0.5) is 0 Å². The van der Waals surface area contributed by atoms with Crippen molar-refractivity contribution in [2.45, 2.75) is 58.8 Å². The first-order chi connectivity index (χ1) is 4.41. The molecule has 0 aromatic carbocycles. The van der Waals surface area contributed by atoms with Gasteiger partial charge in [-0.15, -0.1) is 0 Å². The van der Waals surface area contributed by atoms with Crippen molar-refractivity contribution in [1.82, 2.24) is 0 Å². The molecule has 0 atom stereocenters. The van der Waals surface area contributed by atoms with E-state index < -0.39 is 0 Å². The number of hydrogen-bond acceptors (Lipinski definition) is 0. The largest absolute Gasteiger partial charge is 2.00 e. The average Bonchev–Trinajstić information content (AvgIpc) is 1.89. The van der Waals surface area contributed by atoms with Crippen LogP contribution in [-0.4, -0.2) is 37.7 Å². The van der Waals surface area contributed by atoms with Crippen molar-refractivity contribution >= 4 is 37.7 Å². The normalized spacial score (nSPS) is 9.00. The van der Waals surface area contributed by atoms with Crippen LogP contribution < -0.4 is 0 Å². The smallest absolute Gasteiger partial charge is 1.00 e. The molecule has 0 aliphatic heterocycles. The molecule has 0 amide bonds. The minimum absolute atomic E-state index is 0. The van der Waals surface area contributed by atoms with E-state index in [4.69, 9.17) is 0 Å². The van der Waals surface area contributed by atoms with E-state index in [-0.39, 0.29) is 40.6 Å². The summed E-state index contributed by atoms with van der Waals surface area (Å²) in [6, 6.07) is 0. The Morgan fingerprint density at radius 2 is 1.00 bits per heavy atom. The predicted molar refractivity (Wildman–Crippen MR) is 51.6 cm³/mol. The first-order valence-electron chi connectivity index (χ1n) is 4.41. The molecule has 0 bridgehead atoms. The molecule has 0 saturated heterocycles. The molecule has 0 unspecified atom stereocenters. The fourth-order valence-corrected chi connectivity index (χ4v) is 1.03. The van der Waals surface area contributed by atoms with Crippen LogP contribution in [0.15, 0.2) is 0 Å². The van der Waals surface area contributed by atoms with Gasteiger partial charge in [-0.2, -0.15) is 0 Å². The van der Waals surface area contributed by atoms with E-state index in [1.54, 1.807) is 0 Å². The van der Waals surface area contributed by atoms with E-state index in [9.17, 15) is 0 Å². The second kappa shape index (κ2) is 12.9. The molecule has 0 aliphatic rings. The van der Waals surface area contributed by atoms with Gasteiger partial charge in [0, 0.05) is 0 Å². The first-order valence-corrected chi connectivity index (χ1v) is 4.41. The van der Waals surface area contributed by atoms with Crippen LogP contribution in [0.1, 0.15) is 61.6 Å². The Bertz CT molecular complexity index is 45.8. The SMILES string of the molecule is CCCCCCCCC.[Ca+2].[H-].[H-]. The van der Waals surface area contributed by atoms with Crippen molar-refractivity contribution in [2.75, 3.05) is 0 Å². The zero-order valence-electron chi connectivity index (χ0n) is 9.66. The molecule has 0 spiro atoms. The number of unbranched alkanes of at least 4 members (excludes halogenated alkanes) is 6. The Morgan fingerprint density at radius 1 is 0.700 bits per heavy atom. The fourth-order valence-electron chi connectivity index (χ4n) is 1.03. The molecule has 0 rings (SSSR count). The molecule has 0 fully saturated rings. The van der Waals surface area contributed by atoms with Crippen molar-refractivity contribution < 1.29 is 2.85 Å². The van der Waals surface area contributed by atoms with E-state index in [0.29, 0.717) is 0 Å². The van der Waals surface area contributed by atoms with Crippen molar-refractivity contribution in [3.05, 3.63) is 0 Å². The maximum Gasteiger partial charge on any atom is 2.00 e. The summed E-state index contributed by atoms with van der Waals surface area (Å²) in [5.41, 5.74) is 0. The van der Waals surface area contributed by atoms with Gasteiger partial charge in [-0.1, -0.05) is 58.8 Å². The Kier molecular flexibility index (Phi) is 17.8. The molecule has 0 saturated carbocycles. The quantitative estimate of drug-likeness (QED) is 0.422. The van der Waals surface area contributed by atoms with E-state index in [1.807, 2.05) is 0 Å². The molecule has 0 nitrogen and oxygen atoms in total. The Hall–Kier alpha value is 1.26. The standard InChI is InChI=1S/C9H20.Ca.2H/c1-3-5-7-9-8-6-4-2;;;/h3-9H2,1-2H3;;;/q;+2;2*-1. The van der Waals surface area contributed by atoms with Crippen molar-refractivity contribution in [2.24, 2.45) is 0 Å². The van der Waals surface area contributed by atoms with Crippen LogP contribution in [0, 0.1) is 0 Å². The summed E-state index contributed by atoms with van der Waals surface area (Å²) in [4.78, 5) is 0. The van der Waals surface area contributed by atoms with Crippen molar-refractivity contribution in [3.63, 3.8) is 0 Å². The summed E-state index contributed by atoms with van der Waals surface area (Å²) in [5.74, 6) is 0. The summed E-state index contributed by atoms with van der Waals surface area (Å²) in [5, 5.41) is 0. The van der Waals surface area contributed by atoms with Gasteiger partial charge >= 0.3 is 37.7 Å². The molecule has 10 heavy (non-hydrogen) atoms. The summed E-state index contributed by atoms with van der Waals surface area (Å²) in [6.45, 7) is 4.53. The summed E-state index contributed by atoms with van der Waals surface area (Å²) < 4.78 is 0. The monoisotopic (exact) mass is 170 g/mol. The van der Waals surface area contributed by atoms with Gasteiger partial charge < -0.3 is 2.85 Å². The number of hydrogen-bond donors (Lipinski definition) is 0. The van der Waals surface area contributed by atoms with Crippen LogP contribution in [-0.2, 0) is 0 Å². The van der Waals surface area contributed by atoms with Gasteiger partial charge in [0.2, 0.25) is 0 Å². The van der Waals surface area contributed by atoms with E-state index in [0.717, 1.165) is 0 Å². The Morgan fingerprint density at radius 3 is 1.30 bits per heavy atom. The summed E-state index contributed by atoms with van der Waals surface area (Å²) in [6.07, 6.45) is 9.97. The molecule has 60 valence electrons. The van der Waals surface area contributed by atoms with Crippen molar-refractivity contribution in [3.8, 4) is 0 Å². The summed E-state index contributed by atoms with van der Waals surface area (Å²) in [7, 11) is 0. The molecular formula is C9H22Ca. The van der Waals surface area contributed by atoms with Crippen LogP contribution in [0.2, 0.25) is 0 Å². The van der Waals surface area contributed by atoms with Crippen LogP contribution >= 0.6 is 0 Å². The molecular weight excluding hydrogens is 148 g/mol. The minimum Gasteiger partial charge on any atom is -1.00 e. The maximum absolute atomic E-state index is 2.26. The van der Waals surface area contributed by atoms with Crippen LogP contribution in [0.5, 0.6) is 0 Å². The van der Waals surface area contributed by atoms with Gasteiger partial charge in [-0.3, -0.25) is 0 Å². The van der Waals surface area contributed by atoms with Crippen molar-refractivity contribution in [1.29, 1.82) is 0 Å². The van der Waals surface area contributed by atoms with Gasteiger partial charge in [0.15, 0.2) is 0 Å². The molecule has 1 heteroatoms. The van der Waals surface area contributed by atoms with Gasteiger partial charge in [-0.25, -0.2) is 0 Å². The first kappa shape index (κ1) is 13.8. The summed E-state index contributed by atoms with van der Waals surface area (Å²) >= 11 is 0. The number of rotatable bonds is 6. The Balaban J connectivity index is -0.000000107. The topological polar surface area (TPSA) is 0 Å². The predicted octanol–water partition coefficient (Wildman–Crippen LogP) is 3.60. The zero-order chi connectivity index (χ0) is 6.95. The maximum atomic E-state index is 2.26. The van der Waals surface area contributed by atoms with Gasteiger partial charge in [0.1, 0.15) is 0 Å². The third kappa shape index (κ3) is 12.0. The average molecular weight is 170 g/mol. The van der Waals surface area contributed by atoms with Crippen LogP contribution in [0.3, 0.4) is 0 Å². The molecule has 0 aromatic heterocycles. The molecule has 0 N–H and O–H groups in total. The van der Waals surface area contributed by atoms with E-state index >= 15 is 0 Å². The minimum atomic E-state index is 0. The van der Waals surface area contributed by atoms with Crippen LogP contribution in [0.25, 0.3) is 0 Å². The third-order valence-electron chi connectivity index (χ3n) is 1.71. The molecule has 0 aromatic rings. The second-order valence-corrected chi connectivity index (χ2v) is 2.77. The third-order valence-corrected chi connectivity index (χ3v) is 1.71. The zero-order valence-corrected chi connectivity index (χ0v) is 9.87. The van der Waals surface area contributed by atoms with Gasteiger partial charge in [0.25, 0.3) is 0 Å². The van der Waals surface area contributed by atoms with E-state index in [2.05, 4.69) is 13.8 Å². The van der Waals surface area contributed by atoms with Gasteiger partial charge in [-0.05, 0) is 0 Å². The molecule has 0 radical (unpaired) electrons. The molecule has 0 aliphatic carbocycles. The Labute approximate surface area is 98.7 Å².